The molecule has 1 fully saturated rings. The standard InChI is InChI=1S/C27H31F3N4O4S3/c1-4-41(36,37)20-6-5-19(31-14-20)13-32-24(35)21-12-18-11-16(2)38-26(23(18)39-21)7-9-34(10-8-26)17(3)22-15-33-25(40-22)27(28,29)30/h5-6,12,14-17H,4,7-11,13H2,1-3H3,(H,32,35)/t16-,17?/m1/s1. The van der Waals surface area contributed by atoms with Gasteiger partial charge in [-0.25, -0.2) is 13.4 Å². The summed E-state index contributed by atoms with van der Waals surface area (Å²) < 4.78 is 69.7. The average molecular weight is 629 g/mol. The number of piperidine rings is 1. The van der Waals surface area contributed by atoms with Gasteiger partial charge >= 0.3 is 6.18 Å². The van der Waals surface area contributed by atoms with Gasteiger partial charge in [-0.1, -0.05) is 6.92 Å². The summed E-state index contributed by atoms with van der Waals surface area (Å²) in [5, 5.41) is 2.05. The Morgan fingerprint density at radius 3 is 2.56 bits per heavy atom. The minimum Gasteiger partial charge on any atom is -0.366 e. The van der Waals surface area contributed by atoms with Crippen LogP contribution < -0.4 is 5.32 Å². The van der Waals surface area contributed by atoms with Crippen molar-refractivity contribution in [2.75, 3.05) is 18.8 Å². The number of carbonyl (C=O) groups excluding carboxylic acids is 1. The van der Waals surface area contributed by atoms with Crippen LogP contribution in [0.2, 0.25) is 0 Å². The lowest BCUT2D eigenvalue weighted by atomic mass is 9.83. The number of carbonyl (C=O) groups is 1. The molecule has 0 bridgehead atoms. The maximum atomic E-state index is 13.1. The van der Waals surface area contributed by atoms with E-state index in [1.807, 2.05) is 19.9 Å². The van der Waals surface area contributed by atoms with E-state index in [-0.39, 0.29) is 35.2 Å². The number of likely N-dealkylation sites (tertiary alicyclic amines) is 1. The number of rotatable bonds is 7. The molecule has 1 saturated heterocycles. The van der Waals surface area contributed by atoms with Crippen LogP contribution in [0.4, 0.5) is 13.2 Å². The predicted molar refractivity (Wildman–Crippen MR) is 150 cm³/mol. The molecule has 5 rings (SSSR count). The van der Waals surface area contributed by atoms with Crippen LogP contribution in [-0.4, -0.2) is 54.1 Å². The molecule has 41 heavy (non-hydrogen) atoms. The van der Waals surface area contributed by atoms with Crippen molar-refractivity contribution in [1.29, 1.82) is 0 Å². The molecule has 1 amide bonds. The smallest absolute Gasteiger partial charge is 0.366 e. The second kappa shape index (κ2) is 11.4. The van der Waals surface area contributed by atoms with Gasteiger partial charge in [-0.3, -0.25) is 14.7 Å². The highest BCUT2D eigenvalue weighted by atomic mass is 32.2. The van der Waals surface area contributed by atoms with Gasteiger partial charge in [0.05, 0.1) is 33.9 Å². The molecule has 1 spiro atoms. The maximum Gasteiger partial charge on any atom is 0.443 e. The highest BCUT2D eigenvalue weighted by molar-refractivity contribution is 7.91. The highest BCUT2D eigenvalue weighted by Crippen LogP contribution is 2.48. The van der Waals surface area contributed by atoms with E-state index in [0.717, 1.165) is 10.4 Å². The van der Waals surface area contributed by atoms with Crippen LogP contribution in [0.15, 0.2) is 35.5 Å². The Labute approximate surface area is 244 Å². The highest BCUT2D eigenvalue weighted by Gasteiger charge is 2.45. The zero-order chi connectivity index (χ0) is 29.6. The molecule has 1 unspecified atom stereocenters. The molecule has 0 aliphatic carbocycles. The zero-order valence-electron chi connectivity index (χ0n) is 22.8. The monoisotopic (exact) mass is 628 g/mol. The molecule has 0 radical (unpaired) electrons. The molecule has 2 aliphatic rings. The van der Waals surface area contributed by atoms with Crippen molar-refractivity contribution in [3.63, 3.8) is 0 Å². The van der Waals surface area contributed by atoms with Crippen LogP contribution >= 0.6 is 22.7 Å². The lowest BCUT2D eigenvalue weighted by Crippen LogP contribution is -2.48. The molecule has 14 heteroatoms. The molecule has 2 aliphatic heterocycles. The lowest BCUT2D eigenvalue weighted by molar-refractivity contribution is -0.137. The predicted octanol–water partition coefficient (Wildman–Crippen LogP) is 5.36. The van der Waals surface area contributed by atoms with Gasteiger partial charge in [-0.15, -0.1) is 22.7 Å². The summed E-state index contributed by atoms with van der Waals surface area (Å²) in [5.41, 5.74) is 1.09. The Bertz CT molecular complexity index is 1510. The van der Waals surface area contributed by atoms with E-state index in [1.165, 1.54) is 29.8 Å². The Balaban J connectivity index is 1.26. The quantitative estimate of drug-likeness (QED) is 0.376. The van der Waals surface area contributed by atoms with Gasteiger partial charge < -0.3 is 10.1 Å². The summed E-state index contributed by atoms with van der Waals surface area (Å²) in [5.74, 6) is -0.250. The topological polar surface area (TPSA) is 101 Å². The fraction of sp³-hybridized carbons (Fsp3) is 0.519. The van der Waals surface area contributed by atoms with E-state index < -0.39 is 26.6 Å². The third kappa shape index (κ3) is 6.21. The second-order valence-electron chi connectivity index (χ2n) is 10.4. The average Bonchev–Trinajstić information content (AvgIpc) is 3.61. The molecular weight excluding hydrogens is 598 g/mol. The fourth-order valence-corrected chi connectivity index (χ4v) is 8.39. The first-order chi connectivity index (χ1) is 19.3. The number of hydrogen-bond donors (Lipinski definition) is 1. The molecule has 5 heterocycles. The molecule has 2 atom stereocenters. The normalized spacial score (nSPS) is 20.1. The number of pyridine rings is 1. The molecule has 8 nitrogen and oxygen atoms in total. The number of fused-ring (bicyclic) bond motifs is 2. The van der Waals surface area contributed by atoms with Crippen LogP contribution in [0.5, 0.6) is 0 Å². The van der Waals surface area contributed by atoms with E-state index in [2.05, 4.69) is 20.2 Å². The van der Waals surface area contributed by atoms with E-state index >= 15 is 0 Å². The van der Waals surface area contributed by atoms with Gasteiger partial charge in [0.1, 0.15) is 5.60 Å². The molecule has 3 aromatic heterocycles. The number of thiazole rings is 1. The zero-order valence-corrected chi connectivity index (χ0v) is 25.3. The number of hydrogen-bond acceptors (Lipinski definition) is 9. The van der Waals surface area contributed by atoms with Crippen molar-refractivity contribution in [2.24, 2.45) is 0 Å². The van der Waals surface area contributed by atoms with Gasteiger partial charge in [0.15, 0.2) is 14.8 Å². The number of amides is 1. The SMILES string of the molecule is CCS(=O)(=O)c1ccc(CNC(=O)c2cc3c(s2)C2(CCN(C(C)c4cnc(C(F)(F)F)s4)CC2)O[C@H](C)C3)nc1. The number of nitrogens with zero attached hydrogens (tertiary/aromatic N) is 3. The van der Waals surface area contributed by atoms with E-state index in [9.17, 15) is 26.4 Å². The van der Waals surface area contributed by atoms with Gasteiger partial charge in [-0.05, 0) is 56.9 Å². The number of thiophene rings is 1. The lowest BCUT2D eigenvalue weighted by Gasteiger charge is -2.46. The molecule has 0 saturated carbocycles. The maximum absolute atomic E-state index is 13.1. The molecule has 1 N–H and O–H groups in total. The summed E-state index contributed by atoms with van der Waals surface area (Å²) in [6, 6.07) is 4.82. The van der Waals surface area contributed by atoms with Crippen molar-refractivity contribution >= 4 is 38.4 Å². The largest absolute Gasteiger partial charge is 0.443 e. The summed E-state index contributed by atoms with van der Waals surface area (Å²) in [6.45, 7) is 6.93. The molecule has 222 valence electrons. The summed E-state index contributed by atoms with van der Waals surface area (Å²) in [6.07, 6.45) is 0.173. The van der Waals surface area contributed by atoms with Crippen molar-refractivity contribution in [2.45, 2.75) is 75.4 Å². The van der Waals surface area contributed by atoms with Crippen molar-refractivity contribution < 1.29 is 31.1 Å². The van der Waals surface area contributed by atoms with Crippen molar-refractivity contribution in [3.05, 3.63) is 61.5 Å². The number of alkyl halides is 3. The first-order valence-electron chi connectivity index (χ1n) is 13.3. The van der Waals surface area contributed by atoms with E-state index in [1.54, 1.807) is 13.0 Å². The Morgan fingerprint density at radius 2 is 1.95 bits per heavy atom. The van der Waals surface area contributed by atoms with Gasteiger partial charge in [-0.2, -0.15) is 13.2 Å². The summed E-state index contributed by atoms with van der Waals surface area (Å²) in [4.78, 5) is 25.3. The number of nitrogens with one attached hydrogen (secondary N) is 1. The van der Waals surface area contributed by atoms with Gasteiger partial charge in [0.2, 0.25) is 0 Å². The molecular formula is C27H31F3N4O4S3. The van der Waals surface area contributed by atoms with Crippen LogP contribution in [0.3, 0.4) is 0 Å². The second-order valence-corrected chi connectivity index (χ2v) is 14.8. The molecule has 3 aromatic rings. The minimum atomic E-state index is -4.45. The third-order valence-electron chi connectivity index (χ3n) is 7.68. The third-order valence-corrected chi connectivity index (χ3v) is 12.0. The Morgan fingerprint density at radius 1 is 1.22 bits per heavy atom. The van der Waals surface area contributed by atoms with E-state index in [4.69, 9.17) is 4.74 Å². The minimum absolute atomic E-state index is 0.0103. The number of halogens is 3. The van der Waals surface area contributed by atoms with E-state index in [0.29, 0.717) is 59.1 Å². The van der Waals surface area contributed by atoms with Crippen molar-refractivity contribution in [3.8, 4) is 0 Å². The van der Waals surface area contributed by atoms with Gasteiger partial charge in [0, 0.05) is 41.3 Å². The van der Waals surface area contributed by atoms with Crippen LogP contribution in [0.25, 0.3) is 0 Å². The summed E-state index contributed by atoms with van der Waals surface area (Å²) in [7, 11) is -3.34. The summed E-state index contributed by atoms with van der Waals surface area (Å²) >= 11 is 2.11. The van der Waals surface area contributed by atoms with Gasteiger partial charge in [0.25, 0.3) is 5.91 Å². The van der Waals surface area contributed by atoms with Crippen LogP contribution in [0.1, 0.15) is 75.3 Å². The number of aromatic nitrogens is 2. The Hall–Kier alpha value is -2.39. The van der Waals surface area contributed by atoms with Crippen LogP contribution in [-0.2, 0) is 39.3 Å². The molecule has 0 aromatic carbocycles. The van der Waals surface area contributed by atoms with Crippen molar-refractivity contribution in [1.82, 2.24) is 20.2 Å². The number of sulfone groups is 1. The number of ether oxygens (including phenoxy) is 1. The Kier molecular flexibility index (Phi) is 8.34. The first kappa shape index (κ1) is 30.1. The van der Waals surface area contributed by atoms with Crippen LogP contribution in [0, 0.1) is 0 Å². The fourth-order valence-electron chi connectivity index (χ4n) is 5.40. The first-order valence-corrected chi connectivity index (χ1v) is 16.6.